The lowest BCUT2D eigenvalue weighted by atomic mass is 9.86. The number of aromatic nitrogens is 2. The normalized spacial score (nSPS) is 14.8. The number of rotatable bonds is 6. The molecule has 0 saturated heterocycles. The van der Waals surface area contributed by atoms with Crippen molar-refractivity contribution < 1.29 is 9.59 Å². The van der Waals surface area contributed by atoms with E-state index in [4.69, 9.17) is 0 Å². The maximum absolute atomic E-state index is 12.4. The Labute approximate surface area is 153 Å². The zero-order chi connectivity index (χ0) is 18.4. The molecule has 0 atom stereocenters. The topological polar surface area (TPSA) is 86.9 Å². The number of nitrogens with one attached hydrogen (secondary N) is 3. The molecular formula is C20H26N4O2. The molecule has 0 spiro atoms. The van der Waals surface area contributed by atoms with Crippen molar-refractivity contribution in [3.05, 3.63) is 41.6 Å². The van der Waals surface area contributed by atoms with E-state index in [2.05, 4.69) is 20.8 Å². The van der Waals surface area contributed by atoms with Crippen molar-refractivity contribution in [3.63, 3.8) is 0 Å². The number of hydrogen-bond donors (Lipinski definition) is 3. The molecule has 0 unspecified atom stereocenters. The average Bonchev–Trinajstić information content (AvgIpc) is 3.09. The quantitative estimate of drug-likeness (QED) is 0.729. The number of carbonyl (C=O) groups is 2. The van der Waals surface area contributed by atoms with Gasteiger partial charge in [-0.2, -0.15) is 5.10 Å². The number of nitrogens with zero attached hydrogens (tertiary/aromatic N) is 1. The summed E-state index contributed by atoms with van der Waals surface area (Å²) >= 11 is 0. The van der Waals surface area contributed by atoms with Gasteiger partial charge in [0.05, 0.1) is 0 Å². The minimum atomic E-state index is -0.242. The van der Waals surface area contributed by atoms with E-state index in [0.29, 0.717) is 29.4 Å². The van der Waals surface area contributed by atoms with Gasteiger partial charge in [-0.3, -0.25) is 14.7 Å². The molecule has 3 N–H and O–H groups in total. The summed E-state index contributed by atoms with van der Waals surface area (Å²) in [5, 5.41) is 12.8. The number of anilines is 2. The van der Waals surface area contributed by atoms with Crippen LogP contribution in [0.4, 0.5) is 11.5 Å². The Balaban J connectivity index is 1.59. The first-order chi connectivity index (χ1) is 12.6. The van der Waals surface area contributed by atoms with Crippen LogP contribution in [0.2, 0.25) is 0 Å². The monoisotopic (exact) mass is 354 g/mol. The zero-order valence-corrected chi connectivity index (χ0v) is 15.2. The van der Waals surface area contributed by atoms with Crippen molar-refractivity contribution in [1.82, 2.24) is 10.2 Å². The van der Waals surface area contributed by atoms with Crippen LogP contribution in [0.5, 0.6) is 0 Å². The van der Waals surface area contributed by atoms with Crippen LogP contribution in [0.1, 0.15) is 61.5 Å². The summed E-state index contributed by atoms with van der Waals surface area (Å²) in [7, 11) is 0. The van der Waals surface area contributed by atoms with Crippen LogP contribution in [0.15, 0.2) is 30.3 Å². The van der Waals surface area contributed by atoms with Gasteiger partial charge in [-0.1, -0.05) is 45.1 Å². The van der Waals surface area contributed by atoms with E-state index in [1.165, 1.54) is 32.1 Å². The van der Waals surface area contributed by atoms with E-state index in [0.717, 1.165) is 12.1 Å². The van der Waals surface area contributed by atoms with Gasteiger partial charge in [-0.25, -0.2) is 0 Å². The Hall–Kier alpha value is -2.63. The molecule has 0 radical (unpaired) electrons. The number of H-pyrrole nitrogens is 1. The summed E-state index contributed by atoms with van der Waals surface area (Å²) < 4.78 is 0. The molecule has 1 aromatic carbocycles. The number of benzene rings is 1. The molecule has 3 rings (SSSR count). The number of aromatic amines is 1. The third-order valence-corrected chi connectivity index (χ3v) is 4.84. The molecule has 26 heavy (non-hydrogen) atoms. The molecule has 1 fully saturated rings. The van der Waals surface area contributed by atoms with Crippen molar-refractivity contribution in [2.45, 2.75) is 51.9 Å². The molecule has 0 bridgehead atoms. The average molecular weight is 354 g/mol. The first-order valence-electron chi connectivity index (χ1n) is 9.39. The minimum Gasteiger partial charge on any atom is -0.326 e. The Kier molecular flexibility index (Phi) is 6.04. The van der Waals surface area contributed by atoms with Crippen LogP contribution in [0.25, 0.3) is 0 Å². The van der Waals surface area contributed by atoms with Gasteiger partial charge >= 0.3 is 0 Å². The Morgan fingerprint density at radius 1 is 1.15 bits per heavy atom. The second kappa shape index (κ2) is 8.65. The van der Waals surface area contributed by atoms with Gasteiger partial charge in [0.15, 0.2) is 5.82 Å². The summed E-state index contributed by atoms with van der Waals surface area (Å²) in [5.41, 5.74) is 2.16. The summed E-state index contributed by atoms with van der Waals surface area (Å²) in [4.78, 5) is 23.9. The van der Waals surface area contributed by atoms with Gasteiger partial charge in [-0.15, -0.1) is 0 Å². The second-order valence-corrected chi connectivity index (χ2v) is 6.92. The molecule has 1 heterocycles. The zero-order valence-electron chi connectivity index (χ0n) is 15.2. The van der Waals surface area contributed by atoms with Gasteiger partial charge in [0.25, 0.3) is 5.91 Å². The first-order valence-corrected chi connectivity index (χ1v) is 9.39. The van der Waals surface area contributed by atoms with Crippen molar-refractivity contribution in [2.75, 3.05) is 10.6 Å². The van der Waals surface area contributed by atoms with Crippen molar-refractivity contribution >= 4 is 23.3 Å². The third-order valence-electron chi connectivity index (χ3n) is 4.84. The maximum atomic E-state index is 12.4. The third kappa shape index (κ3) is 4.94. The second-order valence-electron chi connectivity index (χ2n) is 6.92. The van der Waals surface area contributed by atoms with Gasteiger partial charge in [0.1, 0.15) is 0 Å². The molecule has 6 nitrogen and oxygen atoms in total. The van der Waals surface area contributed by atoms with Crippen molar-refractivity contribution in [3.8, 4) is 0 Å². The lowest BCUT2D eigenvalue weighted by Crippen LogP contribution is -2.14. The van der Waals surface area contributed by atoms with E-state index >= 15 is 0 Å². The largest absolute Gasteiger partial charge is 0.326 e. The maximum Gasteiger partial charge on any atom is 0.256 e. The van der Waals surface area contributed by atoms with Crippen LogP contribution < -0.4 is 10.6 Å². The highest BCUT2D eigenvalue weighted by Gasteiger charge is 2.16. The predicted octanol–water partition coefficient (Wildman–Crippen LogP) is 4.13. The van der Waals surface area contributed by atoms with Gasteiger partial charge in [0.2, 0.25) is 5.91 Å². The molecular weight excluding hydrogens is 328 g/mol. The summed E-state index contributed by atoms with van der Waals surface area (Å²) in [6, 6.07) is 8.81. The van der Waals surface area contributed by atoms with Crippen LogP contribution in [0.3, 0.4) is 0 Å². The summed E-state index contributed by atoms with van der Waals surface area (Å²) in [5.74, 6) is 0.922. The fourth-order valence-corrected chi connectivity index (χ4v) is 3.41. The molecule has 1 aliphatic carbocycles. The first kappa shape index (κ1) is 18.2. The van der Waals surface area contributed by atoms with E-state index < -0.39 is 0 Å². The number of carbonyl (C=O) groups excluding carboxylic acids is 2. The molecule has 1 aromatic heterocycles. The van der Waals surface area contributed by atoms with Gasteiger partial charge in [-0.05, 0) is 30.5 Å². The van der Waals surface area contributed by atoms with Crippen LogP contribution in [0, 0.1) is 5.92 Å². The highest BCUT2D eigenvalue weighted by Crippen LogP contribution is 2.26. The predicted molar refractivity (Wildman–Crippen MR) is 102 cm³/mol. The molecule has 1 saturated carbocycles. The molecule has 1 aliphatic rings. The summed E-state index contributed by atoms with van der Waals surface area (Å²) in [6.45, 7) is 1.79. The molecule has 6 heteroatoms. The molecule has 0 aliphatic heterocycles. The number of hydrogen-bond acceptors (Lipinski definition) is 3. The Morgan fingerprint density at radius 2 is 1.96 bits per heavy atom. The van der Waals surface area contributed by atoms with E-state index in [1.807, 2.05) is 6.07 Å². The van der Waals surface area contributed by atoms with Crippen LogP contribution in [-0.4, -0.2) is 22.0 Å². The minimum absolute atomic E-state index is 0.0813. The molecule has 2 amide bonds. The SMILES string of the molecule is CCC(=O)Nc1cccc(C(=O)Nc2cc(CC3CCCCC3)[nH]n2)c1. The van der Waals surface area contributed by atoms with Gasteiger partial charge < -0.3 is 10.6 Å². The van der Waals surface area contributed by atoms with E-state index in [1.54, 1.807) is 31.2 Å². The van der Waals surface area contributed by atoms with E-state index in [9.17, 15) is 9.59 Å². The van der Waals surface area contributed by atoms with Crippen LogP contribution in [-0.2, 0) is 11.2 Å². The van der Waals surface area contributed by atoms with Crippen LogP contribution >= 0.6 is 0 Å². The number of amides is 2. The molecule has 138 valence electrons. The fourth-order valence-electron chi connectivity index (χ4n) is 3.41. The Morgan fingerprint density at radius 3 is 2.73 bits per heavy atom. The highest BCUT2D eigenvalue weighted by atomic mass is 16.2. The standard InChI is InChI=1S/C20H26N4O2/c1-2-19(25)21-16-10-6-9-15(12-16)20(26)22-18-13-17(23-24-18)11-14-7-4-3-5-8-14/h6,9-10,12-14H,2-5,7-8,11H2,1H3,(H,21,25)(H2,22,23,24,26). The lowest BCUT2D eigenvalue weighted by Gasteiger charge is -2.20. The molecule has 2 aromatic rings. The Bertz CT molecular complexity index is 763. The fraction of sp³-hybridized carbons (Fsp3) is 0.450. The lowest BCUT2D eigenvalue weighted by molar-refractivity contribution is -0.115. The van der Waals surface area contributed by atoms with Crippen molar-refractivity contribution in [1.29, 1.82) is 0 Å². The van der Waals surface area contributed by atoms with E-state index in [-0.39, 0.29) is 11.8 Å². The van der Waals surface area contributed by atoms with Gasteiger partial charge in [0, 0.05) is 29.4 Å². The van der Waals surface area contributed by atoms with Crippen molar-refractivity contribution in [2.24, 2.45) is 5.92 Å². The summed E-state index contributed by atoms with van der Waals surface area (Å²) in [6.07, 6.45) is 7.90. The smallest absolute Gasteiger partial charge is 0.256 e. The highest BCUT2D eigenvalue weighted by molar-refractivity contribution is 6.04.